The number of carbonyl (C=O) groups is 1. The lowest BCUT2D eigenvalue weighted by molar-refractivity contribution is -0.121. The molecule has 2 N–H and O–H groups in total. The molecule has 1 aromatic carbocycles. The van der Waals surface area contributed by atoms with E-state index in [9.17, 15) is 14.3 Å². The van der Waals surface area contributed by atoms with E-state index in [4.69, 9.17) is 0 Å². The molecule has 1 fully saturated rings. The van der Waals surface area contributed by atoms with Gasteiger partial charge in [-0.3, -0.25) is 4.79 Å². The number of aliphatic hydroxyl groups excluding tert-OH is 1. The van der Waals surface area contributed by atoms with Gasteiger partial charge in [0, 0.05) is 28.1 Å². The molecule has 0 bridgehead atoms. The van der Waals surface area contributed by atoms with Crippen molar-refractivity contribution in [2.24, 2.45) is 0 Å². The molecule has 1 saturated carbocycles. The Labute approximate surface area is 158 Å². The number of halogens is 1. The second-order valence-electron chi connectivity index (χ2n) is 7.23. The molecule has 26 heavy (non-hydrogen) atoms. The Bertz CT molecular complexity index is 750. The third-order valence-corrected chi connectivity index (χ3v) is 6.83. The van der Waals surface area contributed by atoms with E-state index in [1.165, 1.54) is 10.9 Å². The van der Waals surface area contributed by atoms with Gasteiger partial charge >= 0.3 is 0 Å². The summed E-state index contributed by atoms with van der Waals surface area (Å²) in [5, 5.41) is 12.9. The number of thiophene rings is 1. The van der Waals surface area contributed by atoms with Crippen molar-refractivity contribution < 1.29 is 14.3 Å². The lowest BCUT2D eigenvalue weighted by atomic mass is 9.84. The topological polar surface area (TPSA) is 49.3 Å². The van der Waals surface area contributed by atoms with Gasteiger partial charge in [0.05, 0.1) is 6.10 Å². The molecule has 2 aromatic rings. The molecule has 1 aliphatic rings. The summed E-state index contributed by atoms with van der Waals surface area (Å²) in [7, 11) is 0. The monoisotopic (exact) mass is 375 g/mol. The molecular weight excluding hydrogens is 349 g/mol. The quantitative estimate of drug-likeness (QED) is 0.748. The van der Waals surface area contributed by atoms with Gasteiger partial charge in [-0.1, -0.05) is 31.0 Å². The lowest BCUT2D eigenvalue weighted by Crippen LogP contribution is -2.38. The Balaban J connectivity index is 1.60. The Morgan fingerprint density at radius 2 is 2.00 bits per heavy atom. The van der Waals surface area contributed by atoms with Crippen LogP contribution in [0.1, 0.15) is 60.4 Å². The zero-order valence-corrected chi connectivity index (χ0v) is 15.9. The fourth-order valence-corrected chi connectivity index (χ4v) is 4.92. The van der Waals surface area contributed by atoms with Gasteiger partial charge in [0.15, 0.2) is 0 Å². The zero-order chi connectivity index (χ0) is 18.6. The number of amides is 1. The molecule has 1 atom stereocenters. The van der Waals surface area contributed by atoms with Crippen LogP contribution in [-0.4, -0.2) is 17.6 Å². The van der Waals surface area contributed by atoms with Crippen LogP contribution >= 0.6 is 11.3 Å². The molecule has 1 amide bonds. The predicted octanol–water partition coefficient (Wildman–Crippen LogP) is 4.50. The van der Waals surface area contributed by atoms with E-state index in [0.29, 0.717) is 24.9 Å². The second kappa shape index (κ2) is 8.31. The average Bonchev–Trinajstić information content (AvgIpc) is 3.29. The number of carbonyl (C=O) groups excluding carboxylic acids is 1. The number of aryl methyl sites for hydroxylation is 1. The van der Waals surface area contributed by atoms with Gasteiger partial charge in [0.2, 0.25) is 5.91 Å². The largest absolute Gasteiger partial charge is 0.388 e. The van der Waals surface area contributed by atoms with Crippen LogP contribution in [0.5, 0.6) is 0 Å². The summed E-state index contributed by atoms with van der Waals surface area (Å²) < 4.78 is 13.7. The van der Waals surface area contributed by atoms with E-state index in [1.54, 1.807) is 36.5 Å². The maximum Gasteiger partial charge on any atom is 0.220 e. The van der Waals surface area contributed by atoms with Crippen molar-refractivity contribution in [3.05, 3.63) is 57.5 Å². The average molecular weight is 376 g/mol. The van der Waals surface area contributed by atoms with Crippen LogP contribution in [0.4, 0.5) is 4.39 Å². The van der Waals surface area contributed by atoms with E-state index in [-0.39, 0.29) is 17.1 Å². The van der Waals surface area contributed by atoms with Crippen LogP contribution < -0.4 is 5.32 Å². The first-order valence-corrected chi connectivity index (χ1v) is 10.1. The van der Waals surface area contributed by atoms with Gasteiger partial charge in [0.1, 0.15) is 5.82 Å². The minimum Gasteiger partial charge on any atom is -0.388 e. The predicted molar refractivity (Wildman–Crippen MR) is 103 cm³/mol. The highest BCUT2D eigenvalue weighted by Gasteiger charge is 2.37. The highest BCUT2D eigenvalue weighted by molar-refractivity contribution is 7.12. The number of benzene rings is 1. The molecule has 1 unspecified atom stereocenters. The summed E-state index contributed by atoms with van der Waals surface area (Å²) >= 11 is 1.65. The van der Waals surface area contributed by atoms with E-state index in [1.807, 2.05) is 6.07 Å². The number of nitrogens with one attached hydrogen (secondary N) is 1. The molecule has 0 spiro atoms. The summed E-state index contributed by atoms with van der Waals surface area (Å²) in [5.41, 5.74) is 0.559. The standard InChI is InChI=1S/C21H26FNO2S/c1-15(24)18-9-10-19(26-18)21(12-4-5-13-21)14-23-20(25)11-8-16-6-2-3-7-17(16)22/h2-3,6-7,9-10,15,24H,4-5,8,11-14H2,1H3,(H,23,25). The van der Waals surface area contributed by atoms with Gasteiger partial charge in [-0.15, -0.1) is 11.3 Å². The van der Waals surface area contributed by atoms with Gasteiger partial charge in [0.25, 0.3) is 0 Å². The Morgan fingerprint density at radius 3 is 2.65 bits per heavy atom. The van der Waals surface area contributed by atoms with Crippen LogP contribution in [0.2, 0.25) is 0 Å². The second-order valence-corrected chi connectivity index (χ2v) is 8.35. The molecule has 1 heterocycles. The Hall–Kier alpha value is -1.72. The third kappa shape index (κ3) is 4.33. The molecule has 1 aliphatic carbocycles. The van der Waals surface area contributed by atoms with E-state index >= 15 is 0 Å². The van der Waals surface area contributed by atoms with E-state index in [2.05, 4.69) is 11.4 Å². The molecule has 140 valence electrons. The third-order valence-electron chi connectivity index (χ3n) is 5.33. The van der Waals surface area contributed by atoms with Crippen LogP contribution in [0.25, 0.3) is 0 Å². The highest BCUT2D eigenvalue weighted by Crippen LogP contribution is 2.44. The summed E-state index contributed by atoms with van der Waals surface area (Å²) in [5.74, 6) is -0.288. The van der Waals surface area contributed by atoms with E-state index < -0.39 is 6.10 Å². The minimum atomic E-state index is -0.456. The maximum absolute atomic E-state index is 13.7. The molecule has 0 radical (unpaired) electrons. The smallest absolute Gasteiger partial charge is 0.220 e. The molecule has 3 nitrogen and oxygen atoms in total. The first kappa shape index (κ1) is 19.1. The van der Waals surface area contributed by atoms with Crippen molar-refractivity contribution >= 4 is 17.2 Å². The summed E-state index contributed by atoms with van der Waals surface area (Å²) in [6, 6.07) is 10.7. The van der Waals surface area contributed by atoms with Gasteiger partial charge < -0.3 is 10.4 Å². The van der Waals surface area contributed by atoms with Crippen molar-refractivity contribution in [3.8, 4) is 0 Å². The minimum absolute atomic E-state index is 0.0224. The fraction of sp³-hybridized carbons (Fsp3) is 0.476. The highest BCUT2D eigenvalue weighted by atomic mass is 32.1. The summed E-state index contributed by atoms with van der Waals surface area (Å²) in [4.78, 5) is 14.5. The van der Waals surface area contributed by atoms with Crippen molar-refractivity contribution in [1.29, 1.82) is 0 Å². The molecule has 0 aliphatic heterocycles. The van der Waals surface area contributed by atoms with Crippen molar-refractivity contribution in [3.63, 3.8) is 0 Å². The van der Waals surface area contributed by atoms with E-state index in [0.717, 1.165) is 30.6 Å². The van der Waals surface area contributed by atoms with Crippen LogP contribution in [-0.2, 0) is 16.6 Å². The number of aliphatic hydroxyl groups is 1. The summed E-state index contributed by atoms with van der Waals surface area (Å²) in [6.07, 6.45) is 4.68. The molecule has 0 saturated heterocycles. The first-order chi connectivity index (χ1) is 12.5. The SMILES string of the molecule is CC(O)c1ccc(C2(CNC(=O)CCc3ccccc3F)CCCC2)s1. The van der Waals surface area contributed by atoms with Gasteiger partial charge in [-0.2, -0.15) is 0 Å². The summed E-state index contributed by atoms with van der Waals surface area (Å²) in [6.45, 7) is 2.39. The number of rotatable bonds is 7. The maximum atomic E-state index is 13.7. The van der Waals surface area contributed by atoms with Gasteiger partial charge in [-0.25, -0.2) is 4.39 Å². The number of hydrogen-bond acceptors (Lipinski definition) is 3. The van der Waals surface area contributed by atoms with Crippen LogP contribution in [0, 0.1) is 5.82 Å². The van der Waals surface area contributed by atoms with Crippen LogP contribution in [0.3, 0.4) is 0 Å². The zero-order valence-electron chi connectivity index (χ0n) is 15.1. The lowest BCUT2D eigenvalue weighted by Gasteiger charge is -2.28. The molecule has 3 rings (SSSR count). The van der Waals surface area contributed by atoms with Gasteiger partial charge in [-0.05, 0) is 49.9 Å². The normalized spacial score (nSPS) is 17.2. The fourth-order valence-electron chi connectivity index (χ4n) is 3.73. The van der Waals surface area contributed by atoms with Crippen molar-refractivity contribution in [2.75, 3.05) is 6.54 Å². The Kier molecular flexibility index (Phi) is 6.09. The van der Waals surface area contributed by atoms with Crippen LogP contribution in [0.15, 0.2) is 36.4 Å². The molecule has 1 aromatic heterocycles. The molecular formula is C21H26FNO2S. The van der Waals surface area contributed by atoms with Crippen molar-refractivity contribution in [2.45, 2.75) is 57.0 Å². The number of hydrogen-bond donors (Lipinski definition) is 2. The Morgan fingerprint density at radius 1 is 1.27 bits per heavy atom. The van der Waals surface area contributed by atoms with Crippen molar-refractivity contribution in [1.82, 2.24) is 5.32 Å². The molecule has 5 heteroatoms. The first-order valence-electron chi connectivity index (χ1n) is 9.28.